The van der Waals surface area contributed by atoms with Crippen molar-refractivity contribution in [3.05, 3.63) is 82.7 Å². The Kier molecular flexibility index (Phi) is 5.93. The Balaban J connectivity index is 1.96. The number of aryl methyl sites for hydroxylation is 1. The Morgan fingerprint density at radius 1 is 1.23 bits per heavy atom. The van der Waals surface area contributed by atoms with E-state index >= 15 is 0 Å². The van der Waals surface area contributed by atoms with Gasteiger partial charge in [0.15, 0.2) is 4.80 Å². The summed E-state index contributed by atoms with van der Waals surface area (Å²) in [6.45, 7) is 5.80. The third kappa shape index (κ3) is 3.88. The number of nitrogens with zero attached hydrogens (tertiary/aromatic N) is 2. The third-order valence-corrected chi connectivity index (χ3v) is 7.06. The molecule has 6 nitrogen and oxygen atoms in total. The number of hydrogen-bond donors (Lipinski definition) is 0. The molecule has 0 radical (unpaired) electrons. The first kappa shape index (κ1) is 21.3. The van der Waals surface area contributed by atoms with Crippen LogP contribution in [0.3, 0.4) is 0 Å². The van der Waals surface area contributed by atoms with Gasteiger partial charge in [-0.2, -0.15) is 0 Å². The highest BCUT2D eigenvalue weighted by Crippen LogP contribution is 2.31. The number of methoxy groups -OCH3 is 1. The van der Waals surface area contributed by atoms with Gasteiger partial charge in [0.05, 0.1) is 35.6 Å². The van der Waals surface area contributed by atoms with E-state index in [1.165, 1.54) is 11.3 Å². The number of carbonyl (C=O) groups is 1. The van der Waals surface area contributed by atoms with E-state index in [4.69, 9.17) is 9.47 Å². The zero-order chi connectivity index (χ0) is 22.1. The van der Waals surface area contributed by atoms with E-state index in [0.29, 0.717) is 26.4 Å². The van der Waals surface area contributed by atoms with E-state index in [9.17, 15) is 9.59 Å². The fraction of sp³-hybridized carbons (Fsp3) is 0.261. The molecular formula is C23H22N2O4S2. The summed E-state index contributed by atoms with van der Waals surface area (Å²) in [5.74, 6) is 0.232. The summed E-state index contributed by atoms with van der Waals surface area (Å²) in [5.41, 5.74) is 2.66. The Hall–Kier alpha value is -2.97. The Labute approximate surface area is 187 Å². The topological polar surface area (TPSA) is 69.9 Å². The van der Waals surface area contributed by atoms with Crippen LogP contribution in [0.4, 0.5) is 0 Å². The van der Waals surface area contributed by atoms with Crippen LogP contribution in [0.2, 0.25) is 0 Å². The van der Waals surface area contributed by atoms with Gasteiger partial charge in [0.2, 0.25) is 0 Å². The molecule has 0 fully saturated rings. The normalized spacial score (nSPS) is 16.1. The minimum Gasteiger partial charge on any atom is -0.497 e. The summed E-state index contributed by atoms with van der Waals surface area (Å²) in [6, 6.07) is 8.77. The van der Waals surface area contributed by atoms with E-state index in [1.807, 2.05) is 48.7 Å². The molecule has 1 aromatic carbocycles. The molecule has 0 N–H and O–H groups in total. The van der Waals surface area contributed by atoms with Crippen molar-refractivity contribution in [2.24, 2.45) is 4.99 Å². The van der Waals surface area contributed by atoms with Gasteiger partial charge in [-0.1, -0.05) is 23.5 Å². The average molecular weight is 455 g/mol. The van der Waals surface area contributed by atoms with Gasteiger partial charge in [-0.3, -0.25) is 9.36 Å². The van der Waals surface area contributed by atoms with Crippen LogP contribution in [-0.2, 0) is 9.53 Å². The Morgan fingerprint density at radius 3 is 2.58 bits per heavy atom. The van der Waals surface area contributed by atoms with Crippen LogP contribution in [0, 0.1) is 6.92 Å². The molecule has 0 spiro atoms. The van der Waals surface area contributed by atoms with Gasteiger partial charge in [0.1, 0.15) is 5.75 Å². The molecule has 1 atom stereocenters. The molecule has 3 heterocycles. The quantitative estimate of drug-likeness (QED) is 0.556. The van der Waals surface area contributed by atoms with Crippen molar-refractivity contribution in [2.45, 2.75) is 26.8 Å². The first-order valence-corrected chi connectivity index (χ1v) is 11.5. The van der Waals surface area contributed by atoms with Crippen LogP contribution >= 0.6 is 22.7 Å². The zero-order valence-corrected chi connectivity index (χ0v) is 19.3. The number of ether oxygens (including phenoxy) is 2. The van der Waals surface area contributed by atoms with E-state index < -0.39 is 12.0 Å². The van der Waals surface area contributed by atoms with Gasteiger partial charge in [0.25, 0.3) is 5.56 Å². The van der Waals surface area contributed by atoms with Crippen molar-refractivity contribution < 1.29 is 14.3 Å². The van der Waals surface area contributed by atoms with Crippen molar-refractivity contribution in [2.75, 3.05) is 13.7 Å². The van der Waals surface area contributed by atoms with Crippen molar-refractivity contribution >= 4 is 34.7 Å². The SMILES string of the molecule is CCOC(=O)C1=C(C)N=c2s/c(=C/c3sccc3C)c(=O)n2C1c1ccc(OC)cc1. The predicted octanol–water partition coefficient (Wildman–Crippen LogP) is 3.18. The van der Waals surface area contributed by atoms with Gasteiger partial charge < -0.3 is 9.47 Å². The largest absolute Gasteiger partial charge is 0.497 e. The summed E-state index contributed by atoms with van der Waals surface area (Å²) in [4.78, 5) is 32.5. The number of allylic oxidation sites excluding steroid dienone is 1. The lowest BCUT2D eigenvalue weighted by molar-refractivity contribution is -0.139. The summed E-state index contributed by atoms with van der Waals surface area (Å²) >= 11 is 2.92. The molecular weight excluding hydrogens is 432 g/mol. The van der Waals surface area contributed by atoms with Gasteiger partial charge >= 0.3 is 5.97 Å². The number of esters is 1. The lowest BCUT2D eigenvalue weighted by atomic mass is 9.96. The molecule has 0 bridgehead atoms. The van der Waals surface area contributed by atoms with E-state index in [2.05, 4.69) is 4.99 Å². The molecule has 0 saturated heterocycles. The van der Waals surface area contributed by atoms with Crippen LogP contribution in [0.1, 0.15) is 35.9 Å². The molecule has 2 aromatic heterocycles. The van der Waals surface area contributed by atoms with Crippen molar-refractivity contribution in [3.8, 4) is 5.75 Å². The lowest BCUT2D eigenvalue weighted by Crippen LogP contribution is -2.39. The van der Waals surface area contributed by atoms with Crippen LogP contribution in [-0.4, -0.2) is 24.3 Å². The molecule has 160 valence electrons. The molecule has 4 rings (SSSR count). The predicted molar refractivity (Wildman–Crippen MR) is 122 cm³/mol. The first-order valence-electron chi connectivity index (χ1n) is 9.82. The molecule has 1 aliphatic heterocycles. The maximum atomic E-state index is 13.5. The average Bonchev–Trinajstić information content (AvgIpc) is 3.30. The zero-order valence-electron chi connectivity index (χ0n) is 17.7. The van der Waals surface area contributed by atoms with E-state index in [-0.39, 0.29) is 12.2 Å². The number of thiazole rings is 1. The molecule has 31 heavy (non-hydrogen) atoms. The summed E-state index contributed by atoms with van der Waals surface area (Å²) < 4.78 is 12.8. The second-order valence-electron chi connectivity index (χ2n) is 7.04. The highest BCUT2D eigenvalue weighted by Gasteiger charge is 2.33. The fourth-order valence-electron chi connectivity index (χ4n) is 3.54. The fourth-order valence-corrected chi connectivity index (χ4v) is 5.51. The standard InChI is InChI=1S/C23H22N2O4S2/c1-5-29-22(27)19-14(3)24-23-25(20(19)15-6-8-16(28-4)9-7-15)21(26)18(31-23)12-17-13(2)10-11-30-17/h6-12,20H,5H2,1-4H3/b18-12+. The summed E-state index contributed by atoms with van der Waals surface area (Å²) in [7, 11) is 1.60. The molecule has 1 aliphatic rings. The Bertz CT molecular complexity index is 1340. The number of rotatable bonds is 5. The maximum Gasteiger partial charge on any atom is 0.338 e. The molecule has 0 aliphatic carbocycles. The number of aromatic nitrogens is 1. The monoisotopic (exact) mass is 454 g/mol. The molecule has 8 heteroatoms. The lowest BCUT2D eigenvalue weighted by Gasteiger charge is -2.24. The van der Waals surface area contributed by atoms with Crippen LogP contribution in [0.25, 0.3) is 6.08 Å². The smallest absolute Gasteiger partial charge is 0.338 e. The highest BCUT2D eigenvalue weighted by molar-refractivity contribution is 7.11. The van der Waals surface area contributed by atoms with Gasteiger partial charge in [0, 0.05) is 4.88 Å². The minimum absolute atomic E-state index is 0.174. The van der Waals surface area contributed by atoms with Crippen LogP contribution in [0.15, 0.2) is 56.8 Å². The maximum absolute atomic E-state index is 13.5. The second-order valence-corrected chi connectivity index (χ2v) is 9.00. The van der Waals surface area contributed by atoms with E-state index in [1.54, 1.807) is 36.9 Å². The number of carbonyl (C=O) groups excluding carboxylic acids is 1. The summed E-state index contributed by atoms with van der Waals surface area (Å²) in [6.07, 6.45) is 1.90. The minimum atomic E-state index is -0.618. The molecule has 1 unspecified atom stereocenters. The van der Waals surface area contributed by atoms with E-state index in [0.717, 1.165) is 16.0 Å². The van der Waals surface area contributed by atoms with Gasteiger partial charge in [-0.15, -0.1) is 11.3 Å². The number of benzene rings is 1. The molecule has 3 aromatic rings. The first-order chi connectivity index (χ1) is 14.9. The van der Waals surface area contributed by atoms with Gasteiger partial charge in [-0.05, 0) is 61.6 Å². The van der Waals surface area contributed by atoms with Crippen molar-refractivity contribution in [1.29, 1.82) is 0 Å². The van der Waals surface area contributed by atoms with Crippen molar-refractivity contribution in [1.82, 2.24) is 4.57 Å². The number of hydrogen-bond acceptors (Lipinski definition) is 7. The van der Waals surface area contributed by atoms with Crippen LogP contribution in [0.5, 0.6) is 5.75 Å². The number of fused-ring (bicyclic) bond motifs is 1. The summed E-state index contributed by atoms with van der Waals surface area (Å²) in [5, 5.41) is 2.00. The van der Waals surface area contributed by atoms with Crippen LogP contribution < -0.4 is 19.6 Å². The highest BCUT2D eigenvalue weighted by atomic mass is 32.1. The number of thiophene rings is 1. The molecule has 0 amide bonds. The van der Waals surface area contributed by atoms with Gasteiger partial charge in [-0.25, -0.2) is 9.79 Å². The molecule has 0 saturated carbocycles. The Morgan fingerprint density at radius 2 is 1.97 bits per heavy atom. The second kappa shape index (κ2) is 8.64. The third-order valence-electron chi connectivity index (χ3n) is 5.11. The van der Waals surface area contributed by atoms with Crippen molar-refractivity contribution in [3.63, 3.8) is 0 Å².